The number of aliphatic imine (C=N–C) groups is 1. The number of halogens is 1. The molecule has 0 amide bonds. The topological polar surface area (TPSA) is 73.8 Å². The standard InChI is InChI=1S/C15H30N4O2S.HI/c1-3-16-15(18-13-8-11-22(20,21)12-13)17-9-10-19(2)14-6-4-5-7-14;/h13-14H,3-12H2,1-2H3,(H2,16,17,18);1H. The van der Waals surface area contributed by atoms with Crippen molar-refractivity contribution in [2.45, 2.75) is 51.1 Å². The summed E-state index contributed by atoms with van der Waals surface area (Å²) < 4.78 is 23.0. The van der Waals surface area contributed by atoms with Gasteiger partial charge in [0.05, 0.1) is 18.1 Å². The number of nitrogens with zero attached hydrogens (tertiary/aromatic N) is 2. The lowest BCUT2D eigenvalue weighted by molar-refractivity contribution is 0.252. The van der Waals surface area contributed by atoms with Gasteiger partial charge in [-0.3, -0.25) is 4.99 Å². The molecule has 0 radical (unpaired) electrons. The predicted octanol–water partition coefficient (Wildman–Crippen LogP) is 1.22. The van der Waals surface area contributed by atoms with E-state index in [9.17, 15) is 8.42 Å². The van der Waals surface area contributed by atoms with Crippen LogP contribution in [0.2, 0.25) is 0 Å². The van der Waals surface area contributed by atoms with E-state index in [1.807, 2.05) is 6.92 Å². The quantitative estimate of drug-likeness (QED) is 0.356. The molecule has 0 aromatic rings. The minimum absolute atomic E-state index is 0. The van der Waals surface area contributed by atoms with E-state index in [1.165, 1.54) is 25.7 Å². The summed E-state index contributed by atoms with van der Waals surface area (Å²) in [7, 11) is -0.679. The lowest BCUT2D eigenvalue weighted by atomic mass is 10.2. The first-order chi connectivity index (χ1) is 10.5. The highest BCUT2D eigenvalue weighted by Crippen LogP contribution is 2.21. The lowest BCUT2D eigenvalue weighted by Crippen LogP contribution is -2.44. The Balaban J connectivity index is 0.00000264. The molecule has 1 aliphatic carbocycles. The van der Waals surface area contributed by atoms with E-state index in [0.29, 0.717) is 12.5 Å². The van der Waals surface area contributed by atoms with Gasteiger partial charge in [0, 0.05) is 25.2 Å². The van der Waals surface area contributed by atoms with Gasteiger partial charge in [0.1, 0.15) is 0 Å². The molecule has 1 saturated carbocycles. The van der Waals surface area contributed by atoms with Gasteiger partial charge in [0.15, 0.2) is 15.8 Å². The van der Waals surface area contributed by atoms with Crippen LogP contribution in [0.25, 0.3) is 0 Å². The van der Waals surface area contributed by atoms with Crippen LogP contribution in [-0.2, 0) is 9.84 Å². The highest BCUT2D eigenvalue weighted by atomic mass is 127. The Labute approximate surface area is 157 Å². The summed E-state index contributed by atoms with van der Waals surface area (Å²) in [5.74, 6) is 1.25. The second-order valence-corrected chi connectivity index (χ2v) is 8.65. The molecule has 1 saturated heterocycles. The number of guanidine groups is 1. The first kappa shape index (κ1) is 21.0. The van der Waals surface area contributed by atoms with Crippen LogP contribution in [0.3, 0.4) is 0 Å². The van der Waals surface area contributed by atoms with Crippen molar-refractivity contribution >= 4 is 39.8 Å². The molecule has 6 nitrogen and oxygen atoms in total. The van der Waals surface area contributed by atoms with Gasteiger partial charge in [-0.1, -0.05) is 12.8 Å². The molecule has 23 heavy (non-hydrogen) atoms. The van der Waals surface area contributed by atoms with E-state index in [1.54, 1.807) is 0 Å². The highest BCUT2D eigenvalue weighted by Gasteiger charge is 2.28. The van der Waals surface area contributed by atoms with Gasteiger partial charge in [-0.2, -0.15) is 0 Å². The van der Waals surface area contributed by atoms with E-state index in [4.69, 9.17) is 0 Å². The smallest absolute Gasteiger partial charge is 0.191 e. The number of hydrogen-bond donors (Lipinski definition) is 2. The Morgan fingerprint density at radius 2 is 1.96 bits per heavy atom. The molecule has 0 aromatic carbocycles. The molecule has 136 valence electrons. The number of hydrogen-bond acceptors (Lipinski definition) is 4. The Kier molecular flexibility index (Phi) is 9.13. The van der Waals surface area contributed by atoms with Crippen molar-refractivity contribution < 1.29 is 8.42 Å². The second kappa shape index (κ2) is 10.0. The number of nitrogens with one attached hydrogen (secondary N) is 2. The summed E-state index contributed by atoms with van der Waals surface area (Å²) >= 11 is 0. The zero-order valence-corrected chi connectivity index (χ0v) is 17.4. The third-order valence-electron chi connectivity index (χ3n) is 4.59. The van der Waals surface area contributed by atoms with Crippen LogP contribution in [0, 0.1) is 0 Å². The van der Waals surface area contributed by atoms with Crippen molar-refractivity contribution in [1.82, 2.24) is 15.5 Å². The molecular formula is C15H31IN4O2S. The van der Waals surface area contributed by atoms with E-state index >= 15 is 0 Å². The van der Waals surface area contributed by atoms with Crippen LogP contribution < -0.4 is 10.6 Å². The van der Waals surface area contributed by atoms with Crippen LogP contribution in [0.4, 0.5) is 0 Å². The lowest BCUT2D eigenvalue weighted by Gasteiger charge is -2.23. The van der Waals surface area contributed by atoms with Gasteiger partial charge in [-0.05, 0) is 33.2 Å². The average Bonchev–Trinajstić information content (AvgIpc) is 3.08. The molecule has 0 bridgehead atoms. The van der Waals surface area contributed by atoms with Crippen LogP contribution in [0.1, 0.15) is 39.0 Å². The van der Waals surface area contributed by atoms with Crippen molar-refractivity contribution in [1.29, 1.82) is 0 Å². The third kappa shape index (κ3) is 7.13. The van der Waals surface area contributed by atoms with Crippen LogP contribution in [-0.4, -0.2) is 69.5 Å². The van der Waals surface area contributed by atoms with Crippen molar-refractivity contribution in [3.63, 3.8) is 0 Å². The van der Waals surface area contributed by atoms with E-state index in [-0.39, 0.29) is 41.5 Å². The fourth-order valence-electron chi connectivity index (χ4n) is 3.27. The van der Waals surface area contributed by atoms with Gasteiger partial charge >= 0.3 is 0 Å². The van der Waals surface area contributed by atoms with Crippen molar-refractivity contribution in [2.75, 3.05) is 38.2 Å². The predicted molar refractivity (Wildman–Crippen MR) is 106 cm³/mol. The zero-order chi connectivity index (χ0) is 16.0. The fourth-order valence-corrected chi connectivity index (χ4v) is 4.94. The zero-order valence-electron chi connectivity index (χ0n) is 14.3. The Hall–Kier alpha value is -0.0900. The first-order valence-corrected chi connectivity index (χ1v) is 10.3. The first-order valence-electron chi connectivity index (χ1n) is 8.45. The molecule has 8 heteroatoms. The molecule has 2 fully saturated rings. The monoisotopic (exact) mass is 458 g/mol. The molecule has 0 spiro atoms. The van der Waals surface area contributed by atoms with Crippen LogP contribution in [0.5, 0.6) is 0 Å². The second-order valence-electron chi connectivity index (χ2n) is 6.42. The maximum atomic E-state index is 11.5. The molecule has 1 aliphatic heterocycles. The molecule has 1 atom stereocenters. The number of likely N-dealkylation sites (N-methyl/N-ethyl adjacent to an activating group) is 1. The summed E-state index contributed by atoms with van der Waals surface area (Å²) in [6.45, 7) is 4.49. The molecular weight excluding hydrogens is 427 g/mol. The van der Waals surface area contributed by atoms with E-state index in [0.717, 1.165) is 25.6 Å². The Bertz CT molecular complexity index is 478. The molecule has 2 aliphatic rings. The molecule has 1 unspecified atom stereocenters. The normalized spacial score (nSPS) is 24.7. The minimum atomic E-state index is -2.85. The largest absolute Gasteiger partial charge is 0.357 e. The average molecular weight is 458 g/mol. The van der Waals surface area contributed by atoms with E-state index in [2.05, 4.69) is 27.6 Å². The van der Waals surface area contributed by atoms with E-state index < -0.39 is 9.84 Å². The SMILES string of the molecule is CCNC(=NCCN(C)C1CCCC1)NC1CCS(=O)(=O)C1.I. The van der Waals surface area contributed by atoms with Gasteiger partial charge in [-0.15, -0.1) is 24.0 Å². The van der Waals surface area contributed by atoms with Crippen molar-refractivity contribution in [3.8, 4) is 0 Å². The van der Waals surface area contributed by atoms with Crippen LogP contribution in [0.15, 0.2) is 4.99 Å². The van der Waals surface area contributed by atoms with Gasteiger partial charge in [0.25, 0.3) is 0 Å². The molecule has 2 rings (SSSR count). The summed E-state index contributed by atoms with van der Waals surface area (Å²) in [6.07, 6.45) is 5.98. The maximum Gasteiger partial charge on any atom is 0.191 e. The summed E-state index contributed by atoms with van der Waals surface area (Å²) in [6, 6.07) is 0.709. The van der Waals surface area contributed by atoms with Crippen LogP contribution >= 0.6 is 24.0 Å². The van der Waals surface area contributed by atoms with Gasteiger partial charge in [0.2, 0.25) is 0 Å². The van der Waals surface area contributed by atoms with Gasteiger partial charge < -0.3 is 15.5 Å². The molecule has 0 aromatic heterocycles. The number of sulfone groups is 1. The van der Waals surface area contributed by atoms with Crippen molar-refractivity contribution in [2.24, 2.45) is 4.99 Å². The Morgan fingerprint density at radius 1 is 1.26 bits per heavy atom. The summed E-state index contributed by atoms with van der Waals surface area (Å²) in [5, 5.41) is 6.46. The minimum Gasteiger partial charge on any atom is -0.357 e. The Morgan fingerprint density at radius 3 is 2.52 bits per heavy atom. The third-order valence-corrected chi connectivity index (χ3v) is 6.36. The van der Waals surface area contributed by atoms with Gasteiger partial charge in [-0.25, -0.2) is 8.42 Å². The highest BCUT2D eigenvalue weighted by molar-refractivity contribution is 14.0. The number of rotatable bonds is 6. The maximum absolute atomic E-state index is 11.5. The summed E-state index contributed by atoms with van der Waals surface area (Å²) in [5.41, 5.74) is 0. The summed E-state index contributed by atoms with van der Waals surface area (Å²) in [4.78, 5) is 7.00. The van der Waals surface area contributed by atoms with Crippen molar-refractivity contribution in [3.05, 3.63) is 0 Å². The molecule has 1 heterocycles. The molecule has 2 N–H and O–H groups in total. The fraction of sp³-hybridized carbons (Fsp3) is 0.933.